The van der Waals surface area contributed by atoms with Crippen molar-refractivity contribution in [1.29, 1.82) is 0 Å². The predicted molar refractivity (Wildman–Crippen MR) is 73.8 cm³/mol. The topological polar surface area (TPSA) is 52.5 Å². The molecule has 2 aromatic heterocycles. The lowest BCUT2D eigenvalue weighted by Crippen LogP contribution is -2.02. The van der Waals surface area contributed by atoms with E-state index in [9.17, 15) is 4.39 Å². The highest BCUT2D eigenvalue weighted by Gasteiger charge is 2.08. The molecule has 1 aromatic carbocycles. The number of nitrogens with two attached hydrogens (primary N) is 1. The van der Waals surface area contributed by atoms with Crippen molar-refractivity contribution >= 4 is 5.65 Å². The number of nitrogens with zero attached hydrogens (tertiary/aromatic N) is 2. The molecule has 0 unspecified atom stereocenters. The van der Waals surface area contributed by atoms with E-state index in [0.717, 1.165) is 5.69 Å². The van der Waals surface area contributed by atoms with Crippen LogP contribution < -0.4 is 10.5 Å². The molecule has 3 rings (SSSR count). The van der Waals surface area contributed by atoms with E-state index in [1.165, 1.54) is 6.07 Å². The first-order chi connectivity index (χ1) is 9.79. The Bertz CT molecular complexity index is 739. The van der Waals surface area contributed by atoms with Crippen LogP contribution in [0, 0.1) is 5.82 Å². The summed E-state index contributed by atoms with van der Waals surface area (Å²) in [5.41, 5.74) is 7.74. The molecule has 0 atom stereocenters. The third-order valence-electron chi connectivity index (χ3n) is 3.13. The molecule has 2 heterocycles. The first kappa shape index (κ1) is 12.6. The molecule has 0 fully saturated rings. The highest BCUT2D eigenvalue weighted by Crippen LogP contribution is 2.21. The van der Waals surface area contributed by atoms with Crippen LogP contribution >= 0.6 is 0 Å². The molecular formula is C15H14FN3O. The molecule has 3 aromatic rings. The Morgan fingerprint density at radius 2 is 2.05 bits per heavy atom. The van der Waals surface area contributed by atoms with Crippen molar-refractivity contribution < 1.29 is 9.13 Å². The molecule has 2 N–H and O–H groups in total. The van der Waals surface area contributed by atoms with E-state index in [-0.39, 0.29) is 12.4 Å². The van der Waals surface area contributed by atoms with E-state index in [1.807, 2.05) is 22.7 Å². The average molecular weight is 271 g/mol. The molecule has 0 radical (unpaired) electrons. The predicted octanol–water partition coefficient (Wildman–Crippen LogP) is 2.51. The Morgan fingerprint density at radius 3 is 2.85 bits per heavy atom. The van der Waals surface area contributed by atoms with Gasteiger partial charge >= 0.3 is 0 Å². The summed E-state index contributed by atoms with van der Waals surface area (Å²) in [4.78, 5) is 4.29. The second-order valence-corrected chi connectivity index (χ2v) is 4.40. The lowest BCUT2D eigenvalue weighted by atomic mass is 10.2. The van der Waals surface area contributed by atoms with E-state index in [2.05, 4.69) is 4.98 Å². The number of benzene rings is 1. The first-order valence-corrected chi connectivity index (χ1v) is 6.31. The zero-order valence-electron chi connectivity index (χ0n) is 10.8. The van der Waals surface area contributed by atoms with Gasteiger partial charge in [-0.2, -0.15) is 0 Å². The SMILES string of the molecule is NCc1cnc2c(OCc3ccccc3F)cccn12. The number of aromatic nitrogens is 2. The molecular weight excluding hydrogens is 257 g/mol. The second-order valence-electron chi connectivity index (χ2n) is 4.40. The third-order valence-corrected chi connectivity index (χ3v) is 3.13. The van der Waals surface area contributed by atoms with Gasteiger partial charge in [0.15, 0.2) is 11.4 Å². The van der Waals surface area contributed by atoms with Crippen LogP contribution in [0.4, 0.5) is 4.39 Å². The summed E-state index contributed by atoms with van der Waals surface area (Å²) in [5, 5.41) is 0. The van der Waals surface area contributed by atoms with Crippen LogP contribution in [0.1, 0.15) is 11.3 Å². The van der Waals surface area contributed by atoms with E-state index in [0.29, 0.717) is 23.5 Å². The van der Waals surface area contributed by atoms with Crippen LogP contribution in [0.15, 0.2) is 48.8 Å². The van der Waals surface area contributed by atoms with Gasteiger partial charge in [0.05, 0.1) is 11.9 Å². The molecule has 0 amide bonds. The minimum atomic E-state index is -0.273. The average Bonchev–Trinajstić information content (AvgIpc) is 2.90. The number of halogens is 1. The summed E-state index contributed by atoms with van der Waals surface area (Å²) < 4.78 is 21.1. The van der Waals surface area contributed by atoms with Gasteiger partial charge in [-0.1, -0.05) is 18.2 Å². The fraction of sp³-hybridized carbons (Fsp3) is 0.133. The minimum absolute atomic E-state index is 0.164. The van der Waals surface area contributed by atoms with Gasteiger partial charge in [0.25, 0.3) is 0 Å². The number of rotatable bonds is 4. The lowest BCUT2D eigenvalue weighted by molar-refractivity contribution is 0.301. The van der Waals surface area contributed by atoms with Gasteiger partial charge in [-0.05, 0) is 18.2 Å². The van der Waals surface area contributed by atoms with Crippen LogP contribution in [0.3, 0.4) is 0 Å². The summed E-state index contributed by atoms with van der Waals surface area (Å²) >= 11 is 0. The van der Waals surface area contributed by atoms with E-state index < -0.39 is 0 Å². The van der Waals surface area contributed by atoms with Crippen LogP contribution in [0.2, 0.25) is 0 Å². The summed E-state index contributed by atoms with van der Waals surface area (Å²) in [6, 6.07) is 10.2. The van der Waals surface area contributed by atoms with Gasteiger partial charge in [-0.3, -0.25) is 4.40 Å². The molecule has 4 nitrogen and oxygen atoms in total. The molecule has 0 saturated heterocycles. The number of pyridine rings is 1. The van der Waals surface area contributed by atoms with Crippen molar-refractivity contribution in [2.45, 2.75) is 13.2 Å². The summed E-state index contributed by atoms with van der Waals surface area (Å²) in [5.74, 6) is 0.334. The largest absolute Gasteiger partial charge is 0.485 e. The summed E-state index contributed by atoms with van der Waals surface area (Å²) in [7, 11) is 0. The van der Waals surface area contributed by atoms with E-state index >= 15 is 0 Å². The molecule has 0 bridgehead atoms. The first-order valence-electron chi connectivity index (χ1n) is 6.31. The summed E-state index contributed by atoms with van der Waals surface area (Å²) in [6.45, 7) is 0.565. The molecule has 0 saturated carbocycles. The highest BCUT2D eigenvalue weighted by atomic mass is 19.1. The van der Waals surface area contributed by atoms with Crippen molar-refractivity contribution in [1.82, 2.24) is 9.38 Å². The Labute approximate surface area is 115 Å². The van der Waals surface area contributed by atoms with Crippen molar-refractivity contribution in [3.05, 3.63) is 65.9 Å². The maximum absolute atomic E-state index is 13.5. The smallest absolute Gasteiger partial charge is 0.179 e. The molecule has 20 heavy (non-hydrogen) atoms. The van der Waals surface area contributed by atoms with Crippen LogP contribution in [0.25, 0.3) is 5.65 Å². The maximum atomic E-state index is 13.5. The Hall–Kier alpha value is -2.40. The minimum Gasteiger partial charge on any atom is -0.485 e. The molecule has 0 aliphatic carbocycles. The molecule has 0 aliphatic rings. The highest BCUT2D eigenvalue weighted by molar-refractivity contribution is 5.54. The second kappa shape index (κ2) is 5.30. The Balaban J connectivity index is 1.88. The lowest BCUT2D eigenvalue weighted by Gasteiger charge is -2.08. The molecule has 0 spiro atoms. The maximum Gasteiger partial charge on any atom is 0.179 e. The molecule has 102 valence electrons. The van der Waals surface area contributed by atoms with E-state index in [4.69, 9.17) is 10.5 Å². The molecule has 5 heteroatoms. The van der Waals surface area contributed by atoms with Crippen molar-refractivity contribution in [3.8, 4) is 5.75 Å². The Morgan fingerprint density at radius 1 is 1.20 bits per heavy atom. The number of ether oxygens (including phenoxy) is 1. The van der Waals surface area contributed by atoms with Gasteiger partial charge in [-0.25, -0.2) is 9.37 Å². The van der Waals surface area contributed by atoms with Crippen LogP contribution in [-0.2, 0) is 13.2 Å². The van der Waals surface area contributed by atoms with Crippen molar-refractivity contribution in [3.63, 3.8) is 0 Å². The fourth-order valence-electron chi connectivity index (χ4n) is 2.07. The van der Waals surface area contributed by atoms with Gasteiger partial charge in [0.1, 0.15) is 12.4 Å². The molecule has 0 aliphatic heterocycles. The fourth-order valence-corrected chi connectivity index (χ4v) is 2.07. The monoisotopic (exact) mass is 271 g/mol. The number of hydrogen-bond acceptors (Lipinski definition) is 3. The van der Waals surface area contributed by atoms with Gasteiger partial charge in [-0.15, -0.1) is 0 Å². The van der Waals surface area contributed by atoms with Gasteiger partial charge < -0.3 is 10.5 Å². The number of imidazole rings is 1. The Kier molecular flexibility index (Phi) is 3.35. The third kappa shape index (κ3) is 2.23. The van der Waals surface area contributed by atoms with Gasteiger partial charge in [0.2, 0.25) is 0 Å². The zero-order chi connectivity index (χ0) is 13.9. The van der Waals surface area contributed by atoms with Crippen LogP contribution in [-0.4, -0.2) is 9.38 Å². The zero-order valence-corrected chi connectivity index (χ0v) is 10.8. The summed E-state index contributed by atoms with van der Waals surface area (Å²) in [6.07, 6.45) is 3.59. The quantitative estimate of drug-likeness (QED) is 0.793. The van der Waals surface area contributed by atoms with Gasteiger partial charge in [0, 0.05) is 18.3 Å². The van der Waals surface area contributed by atoms with Crippen molar-refractivity contribution in [2.75, 3.05) is 0 Å². The van der Waals surface area contributed by atoms with Crippen molar-refractivity contribution in [2.24, 2.45) is 5.73 Å². The number of fused-ring (bicyclic) bond motifs is 1. The number of hydrogen-bond donors (Lipinski definition) is 1. The van der Waals surface area contributed by atoms with Crippen LogP contribution in [0.5, 0.6) is 5.75 Å². The normalized spacial score (nSPS) is 10.9. The van der Waals surface area contributed by atoms with E-state index in [1.54, 1.807) is 24.4 Å². The standard InChI is InChI=1S/C15H14FN3O/c16-13-5-2-1-4-11(13)10-20-14-6-3-7-19-12(8-17)9-18-15(14)19/h1-7,9H,8,10,17H2.